The van der Waals surface area contributed by atoms with Crippen molar-refractivity contribution in [1.82, 2.24) is 0 Å². The number of benzene rings is 1. The molecule has 0 spiro atoms. The Morgan fingerprint density at radius 2 is 2.06 bits per heavy atom. The normalized spacial score (nSPS) is 16.9. The molecule has 0 saturated carbocycles. The lowest BCUT2D eigenvalue weighted by Gasteiger charge is -2.32. The van der Waals surface area contributed by atoms with E-state index in [1.165, 1.54) is 5.69 Å². The lowest BCUT2D eigenvalue weighted by molar-refractivity contribution is 0.0506. The average molecular weight is 250 g/mol. The quantitative estimate of drug-likeness (QED) is 0.829. The van der Waals surface area contributed by atoms with Gasteiger partial charge < -0.3 is 20.1 Å². The minimum absolute atomic E-state index is 0.290. The van der Waals surface area contributed by atoms with Crippen molar-refractivity contribution in [2.24, 2.45) is 5.73 Å². The van der Waals surface area contributed by atoms with Gasteiger partial charge in [0.2, 0.25) is 0 Å². The van der Waals surface area contributed by atoms with Crippen molar-refractivity contribution in [1.29, 1.82) is 0 Å². The van der Waals surface area contributed by atoms with Crippen molar-refractivity contribution in [2.45, 2.75) is 25.8 Å². The van der Waals surface area contributed by atoms with E-state index in [2.05, 4.69) is 24.0 Å². The fourth-order valence-corrected chi connectivity index (χ4v) is 2.27. The highest BCUT2D eigenvalue weighted by Crippen LogP contribution is 2.26. The zero-order valence-electron chi connectivity index (χ0n) is 11.2. The van der Waals surface area contributed by atoms with Crippen LogP contribution in [-0.4, -0.2) is 33.0 Å². The largest absolute Gasteiger partial charge is 0.467 e. The van der Waals surface area contributed by atoms with E-state index in [9.17, 15) is 0 Å². The molecule has 0 unspecified atom stereocenters. The Hall–Kier alpha value is -1.26. The molecule has 4 heteroatoms. The molecular formula is C14H22N2O2. The second-order valence-corrected chi connectivity index (χ2v) is 4.83. The first-order valence-corrected chi connectivity index (χ1v) is 6.43. The summed E-state index contributed by atoms with van der Waals surface area (Å²) in [6, 6.07) is 6.65. The van der Waals surface area contributed by atoms with Gasteiger partial charge in [-0.3, -0.25) is 0 Å². The van der Waals surface area contributed by atoms with E-state index < -0.39 is 0 Å². The van der Waals surface area contributed by atoms with Crippen LogP contribution in [0.4, 0.5) is 5.69 Å². The number of aryl methyl sites for hydroxylation is 1. The van der Waals surface area contributed by atoms with Crippen molar-refractivity contribution >= 4 is 5.69 Å². The molecule has 0 amide bonds. The molecular weight excluding hydrogens is 228 g/mol. The minimum atomic E-state index is 0.290. The van der Waals surface area contributed by atoms with Crippen LogP contribution >= 0.6 is 0 Å². The van der Waals surface area contributed by atoms with E-state index in [-0.39, 0.29) is 0 Å². The van der Waals surface area contributed by atoms with Crippen LogP contribution in [0.3, 0.4) is 0 Å². The molecule has 4 nitrogen and oxygen atoms in total. The standard InChI is InChI=1S/C14H22N2O2/c1-11-9-13(3-4-14(11)18-10-17-2)16-7-5-12(15)6-8-16/h3-4,9,12H,5-8,10,15H2,1-2H3. The number of piperidine rings is 1. The Balaban J connectivity index is 2.04. The molecule has 100 valence electrons. The fourth-order valence-electron chi connectivity index (χ4n) is 2.27. The van der Waals surface area contributed by atoms with Crippen LogP contribution in [0.1, 0.15) is 18.4 Å². The first kappa shape index (κ1) is 13.2. The smallest absolute Gasteiger partial charge is 0.188 e. The van der Waals surface area contributed by atoms with Crippen molar-refractivity contribution < 1.29 is 9.47 Å². The molecule has 0 atom stereocenters. The van der Waals surface area contributed by atoms with Crippen molar-refractivity contribution in [2.75, 3.05) is 31.9 Å². The van der Waals surface area contributed by atoms with Gasteiger partial charge in [0.1, 0.15) is 5.75 Å². The highest BCUT2D eigenvalue weighted by atomic mass is 16.7. The molecule has 1 aliphatic rings. The van der Waals surface area contributed by atoms with Crippen molar-refractivity contribution in [3.8, 4) is 5.75 Å². The predicted octanol–water partition coefficient (Wildman–Crippen LogP) is 1.91. The van der Waals surface area contributed by atoms with Gasteiger partial charge in [0.05, 0.1) is 0 Å². The van der Waals surface area contributed by atoms with Crippen LogP contribution in [-0.2, 0) is 4.74 Å². The monoisotopic (exact) mass is 250 g/mol. The minimum Gasteiger partial charge on any atom is -0.467 e. The molecule has 1 saturated heterocycles. The summed E-state index contributed by atoms with van der Waals surface area (Å²) in [5, 5.41) is 0. The first-order chi connectivity index (χ1) is 8.70. The summed E-state index contributed by atoms with van der Waals surface area (Å²) in [7, 11) is 1.63. The van der Waals surface area contributed by atoms with Crippen LogP contribution < -0.4 is 15.4 Å². The molecule has 1 aromatic carbocycles. The van der Waals surface area contributed by atoms with Crippen LogP contribution in [0.25, 0.3) is 0 Å². The van der Waals surface area contributed by atoms with Crippen LogP contribution in [0, 0.1) is 6.92 Å². The number of hydrogen-bond donors (Lipinski definition) is 1. The zero-order chi connectivity index (χ0) is 13.0. The summed E-state index contributed by atoms with van der Waals surface area (Å²) in [6.45, 7) is 4.43. The van der Waals surface area contributed by atoms with E-state index in [0.29, 0.717) is 12.8 Å². The number of ether oxygens (including phenoxy) is 2. The summed E-state index contributed by atoms with van der Waals surface area (Å²) in [4.78, 5) is 2.39. The van der Waals surface area contributed by atoms with Crippen LogP contribution in [0.15, 0.2) is 18.2 Å². The van der Waals surface area contributed by atoms with E-state index >= 15 is 0 Å². The molecule has 0 radical (unpaired) electrons. The first-order valence-electron chi connectivity index (χ1n) is 6.43. The number of hydrogen-bond acceptors (Lipinski definition) is 4. The van der Waals surface area contributed by atoms with Gasteiger partial charge in [-0.1, -0.05) is 0 Å². The maximum Gasteiger partial charge on any atom is 0.188 e. The molecule has 1 aromatic rings. The van der Waals surface area contributed by atoms with Gasteiger partial charge in [-0.2, -0.15) is 0 Å². The number of methoxy groups -OCH3 is 1. The molecule has 2 N–H and O–H groups in total. The second kappa shape index (κ2) is 6.07. The molecule has 0 bridgehead atoms. The Morgan fingerprint density at radius 1 is 1.33 bits per heavy atom. The molecule has 1 heterocycles. The summed E-state index contributed by atoms with van der Waals surface area (Å²) in [5.74, 6) is 0.884. The Kier molecular flexibility index (Phi) is 4.44. The van der Waals surface area contributed by atoms with Gasteiger partial charge in [0, 0.05) is 31.9 Å². The fraction of sp³-hybridized carbons (Fsp3) is 0.571. The topological polar surface area (TPSA) is 47.7 Å². The Bertz CT molecular complexity index is 387. The van der Waals surface area contributed by atoms with E-state index in [0.717, 1.165) is 37.2 Å². The SMILES string of the molecule is COCOc1ccc(N2CCC(N)CC2)cc1C. The van der Waals surface area contributed by atoms with E-state index in [1.807, 2.05) is 6.07 Å². The molecule has 2 rings (SSSR count). The molecule has 1 fully saturated rings. The number of nitrogens with two attached hydrogens (primary N) is 1. The predicted molar refractivity (Wildman–Crippen MR) is 73.1 cm³/mol. The highest BCUT2D eigenvalue weighted by molar-refractivity contribution is 5.53. The van der Waals surface area contributed by atoms with Gasteiger partial charge in [-0.25, -0.2) is 0 Å². The van der Waals surface area contributed by atoms with Crippen molar-refractivity contribution in [3.63, 3.8) is 0 Å². The lowest BCUT2D eigenvalue weighted by atomic mass is 10.0. The number of nitrogens with zero attached hydrogens (tertiary/aromatic N) is 1. The number of anilines is 1. The van der Waals surface area contributed by atoms with Crippen molar-refractivity contribution in [3.05, 3.63) is 23.8 Å². The van der Waals surface area contributed by atoms with Gasteiger partial charge >= 0.3 is 0 Å². The molecule has 1 aliphatic heterocycles. The zero-order valence-corrected chi connectivity index (χ0v) is 11.2. The summed E-state index contributed by atoms with van der Waals surface area (Å²) in [5.41, 5.74) is 8.32. The Labute approximate surface area is 109 Å². The van der Waals surface area contributed by atoms with E-state index in [1.54, 1.807) is 7.11 Å². The third-order valence-corrected chi connectivity index (χ3v) is 3.40. The summed E-state index contributed by atoms with van der Waals surface area (Å²) < 4.78 is 10.4. The summed E-state index contributed by atoms with van der Waals surface area (Å²) in [6.07, 6.45) is 2.14. The van der Waals surface area contributed by atoms with Gasteiger partial charge in [-0.05, 0) is 43.5 Å². The van der Waals surface area contributed by atoms with Crippen LogP contribution in [0.2, 0.25) is 0 Å². The van der Waals surface area contributed by atoms with Crippen LogP contribution in [0.5, 0.6) is 5.75 Å². The average Bonchev–Trinajstić information content (AvgIpc) is 2.38. The molecule has 0 aromatic heterocycles. The number of rotatable bonds is 4. The maximum atomic E-state index is 5.92. The Morgan fingerprint density at radius 3 is 2.67 bits per heavy atom. The van der Waals surface area contributed by atoms with E-state index in [4.69, 9.17) is 15.2 Å². The maximum absolute atomic E-state index is 5.92. The summed E-state index contributed by atoms with van der Waals surface area (Å²) >= 11 is 0. The highest BCUT2D eigenvalue weighted by Gasteiger charge is 2.16. The molecule has 18 heavy (non-hydrogen) atoms. The third kappa shape index (κ3) is 3.15. The van der Waals surface area contributed by atoms with Gasteiger partial charge in [-0.15, -0.1) is 0 Å². The van der Waals surface area contributed by atoms with Gasteiger partial charge in [0.15, 0.2) is 6.79 Å². The lowest BCUT2D eigenvalue weighted by Crippen LogP contribution is -2.39. The molecule has 0 aliphatic carbocycles. The van der Waals surface area contributed by atoms with Gasteiger partial charge in [0.25, 0.3) is 0 Å². The second-order valence-electron chi connectivity index (χ2n) is 4.83. The third-order valence-electron chi connectivity index (χ3n) is 3.40.